The molecule has 50 valence electrons. The van der Waals surface area contributed by atoms with E-state index in [0.29, 0.717) is 0 Å². The molecule has 0 saturated heterocycles. The Bertz CT molecular complexity index is 201. The van der Waals surface area contributed by atoms with Crippen LogP contribution >= 0.6 is 0 Å². The number of benzene rings is 1. The van der Waals surface area contributed by atoms with Gasteiger partial charge in [-0.25, -0.2) is 0 Å². The zero-order valence-electron chi connectivity index (χ0n) is 5.39. The van der Waals surface area contributed by atoms with Gasteiger partial charge in [-0.2, -0.15) is 0 Å². The first-order valence-corrected chi connectivity index (χ1v) is 2.87. The number of hydrogen-bond donors (Lipinski definition) is 2. The summed E-state index contributed by atoms with van der Waals surface area (Å²) in [5.74, 6) is 0. The van der Waals surface area contributed by atoms with Crippen LogP contribution in [0.2, 0.25) is 0 Å². The normalized spacial score (nSPS) is 9.00. The lowest BCUT2D eigenvalue weighted by atomic mass is 10.3. The monoisotopic (exact) mass is 124 g/mol. The summed E-state index contributed by atoms with van der Waals surface area (Å²) in [4.78, 5) is 0. The molecule has 0 amide bonds. The summed E-state index contributed by atoms with van der Waals surface area (Å²) in [7, 11) is 1.85. The smallest absolute Gasteiger partial charge is 0.0571 e. The fourth-order valence-corrected chi connectivity index (χ4v) is 0.725. The molecule has 0 saturated carbocycles. The van der Waals surface area contributed by atoms with Gasteiger partial charge in [0.1, 0.15) is 0 Å². The Morgan fingerprint density at radius 1 is 1.44 bits per heavy atom. The lowest BCUT2D eigenvalue weighted by Gasteiger charge is -2.01. The van der Waals surface area contributed by atoms with Crippen molar-refractivity contribution >= 4 is 11.4 Å². The fourth-order valence-electron chi connectivity index (χ4n) is 0.725. The summed E-state index contributed by atoms with van der Waals surface area (Å²) < 4.78 is 0. The predicted molar refractivity (Wildman–Crippen MR) is 42.5 cm³/mol. The second-order valence-electron chi connectivity index (χ2n) is 1.84. The van der Waals surface area contributed by atoms with E-state index in [1.807, 2.05) is 31.3 Å². The van der Waals surface area contributed by atoms with Gasteiger partial charge >= 0.3 is 0 Å². The van der Waals surface area contributed by atoms with Gasteiger partial charge < -0.3 is 11.1 Å². The minimum Gasteiger partial charge on any atom is -0.397 e. The molecule has 0 aliphatic heterocycles. The summed E-state index contributed by atoms with van der Waals surface area (Å²) in [5.41, 5.74) is 7.34. The van der Waals surface area contributed by atoms with Gasteiger partial charge in [0.15, 0.2) is 0 Å². The largest absolute Gasteiger partial charge is 0.397 e. The number of rotatable bonds is 1. The van der Waals surface area contributed by atoms with E-state index in [0.717, 1.165) is 11.4 Å². The zero-order valence-corrected chi connectivity index (χ0v) is 5.39. The molecular weight excluding hydrogens is 112 g/mol. The molecule has 0 fully saturated rings. The average Bonchev–Trinajstić information content (AvgIpc) is 1.89. The van der Waals surface area contributed by atoms with Crippen LogP contribution in [0.5, 0.6) is 0 Å². The first-order chi connectivity index (χ1) is 4.34. The SMILES string of the molecule is CNc1ccccc1N.[HH]. The molecule has 0 heterocycles. The van der Waals surface area contributed by atoms with E-state index >= 15 is 0 Å². The third-order valence-corrected chi connectivity index (χ3v) is 1.23. The van der Waals surface area contributed by atoms with E-state index in [4.69, 9.17) is 5.73 Å². The number of anilines is 2. The van der Waals surface area contributed by atoms with Crippen LogP contribution in [0.4, 0.5) is 11.4 Å². The summed E-state index contributed by atoms with van der Waals surface area (Å²) in [6.07, 6.45) is 0. The molecule has 2 nitrogen and oxygen atoms in total. The Kier molecular flexibility index (Phi) is 1.58. The van der Waals surface area contributed by atoms with Crippen LogP contribution in [0.15, 0.2) is 24.3 Å². The molecule has 0 aliphatic rings. The van der Waals surface area contributed by atoms with Crippen molar-refractivity contribution in [3.63, 3.8) is 0 Å². The Morgan fingerprint density at radius 3 is 2.56 bits per heavy atom. The minimum atomic E-state index is 0. The second-order valence-corrected chi connectivity index (χ2v) is 1.84. The van der Waals surface area contributed by atoms with Crippen molar-refractivity contribution in [3.05, 3.63) is 24.3 Å². The molecule has 0 spiro atoms. The first-order valence-electron chi connectivity index (χ1n) is 2.87. The summed E-state index contributed by atoms with van der Waals surface area (Å²) in [6.45, 7) is 0. The van der Waals surface area contributed by atoms with Crippen molar-refractivity contribution in [2.75, 3.05) is 18.1 Å². The highest BCUT2D eigenvalue weighted by Gasteiger charge is 1.89. The third-order valence-electron chi connectivity index (χ3n) is 1.23. The number of hydrogen-bond acceptors (Lipinski definition) is 2. The van der Waals surface area contributed by atoms with Crippen molar-refractivity contribution in [2.24, 2.45) is 0 Å². The van der Waals surface area contributed by atoms with Gasteiger partial charge in [0.25, 0.3) is 0 Å². The standard InChI is InChI=1S/C7H10N2.H2/c1-9-7-5-3-2-4-6(7)8;/h2-5,9H,8H2,1H3;1H. The van der Waals surface area contributed by atoms with E-state index in [1.165, 1.54) is 0 Å². The Morgan fingerprint density at radius 2 is 2.11 bits per heavy atom. The van der Waals surface area contributed by atoms with Crippen LogP contribution in [-0.2, 0) is 0 Å². The molecular formula is C7H12N2. The van der Waals surface area contributed by atoms with Gasteiger partial charge in [0, 0.05) is 8.47 Å². The highest BCUT2D eigenvalue weighted by atomic mass is 14.8. The first kappa shape index (κ1) is 5.95. The topological polar surface area (TPSA) is 38.0 Å². The van der Waals surface area contributed by atoms with Gasteiger partial charge in [-0.3, -0.25) is 0 Å². The predicted octanol–water partition coefficient (Wildman–Crippen LogP) is 1.56. The Labute approximate surface area is 56.2 Å². The van der Waals surface area contributed by atoms with Crippen LogP contribution in [0.3, 0.4) is 0 Å². The highest BCUT2D eigenvalue weighted by molar-refractivity contribution is 5.65. The van der Waals surface area contributed by atoms with E-state index in [1.54, 1.807) is 0 Å². The number of para-hydroxylation sites is 2. The summed E-state index contributed by atoms with van der Waals surface area (Å²) >= 11 is 0. The molecule has 3 N–H and O–H groups in total. The van der Waals surface area contributed by atoms with E-state index in [2.05, 4.69) is 5.32 Å². The van der Waals surface area contributed by atoms with Crippen LogP contribution in [0.1, 0.15) is 1.43 Å². The molecule has 1 aromatic carbocycles. The zero-order chi connectivity index (χ0) is 6.69. The average molecular weight is 124 g/mol. The molecule has 0 atom stereocenters. The fraction of sp³-hybridized carbons (Fsp3) is 0.143. The molecule has 1 aromatic rings. The van der Waals surface area contributed by atoms with Crippen molar-refractivity contribution in [2.45, 2.75) is 0 Å². The maximum absolute atomic E-state index is 5.57. The lowest BCUT2D eigenvalue weighted by Crippen LogP contribution is -1.93. The van der Waals surface area contributed by atoms with Crippen molar-refractivity contribution in [1.29, 1.82) is 0 Å². The van der Waals surface area contributed by atoms with Gasteiger partial charge in [0.2, 0.25) is 0 Å². The van der Waals surface area contributed by atoms with Crippen molar-refractivity contribution in [1.82, 2.24) is 0 Å². The number of nitrogens with one attached hydrogen (secondary N) is 1. The van der Waals surface area contributed by atoms with Gasteiger partial charge in [-0.1, -0.05) is 12.1 Å². The maximum atomic E-state index is 5.57. The minimum absolute atomic E-state index is 0. The van der Waals surface area contributed by atoms with Crippen molar-refractivity contribution in [3.8, 4) is 0 Å². The van der Waals surface area contributed by atoms with E-state index < -0.39 is 0 Å². The van der Waals surface area contributed by atoms with Crippen LogP contribution in [0.25, 0.3) is 0 Å². The summed E-state index contributed by atoms with van der Waals surface area (Å²) in [6, 6.07) is 7.67. The molecule has 1 rings (SSSR count). The Balaban J connectivity index is 0.000000810. The highest BCUT2D eigenvalue weighted by Crippen LogP contribution is 2.14. The molecule has 0 aromatic heterocycles. The van der Waals surface area contributed by atoms with E-state index in [9.17, 15) is 0 Å². The second kappa shape index (κ2) is 2.40. The van der Waals surface area contributed by atoms with Gasteiger partial charge in [-0.05, 0) is 12.1 Å². The van der Waals surface area contributed by atoms with Crippen LogP contribution in [-0.4, -0.2) is 7.05 Å². The third kappa shape index (κ3) is 1.13. The molecule has 0 radical (unpaired) electrons. The molecule has 0 unspecified atom stereocenters. The van der Waals surface area contributed by atoms with Gasteiger partial charge in [0.05, 0.1) is 11.4 Å². The quantitative estimate of drug-likeness (QED) is 0.557. The number of nitrogens with two attached hydrogens (primary N) is 1. The molecule has 2 heteroatoms. The van der Waals surface area contributed by atoms with Crippen LogP contribution < -0.4 is 11.1 Å². The maximum Gasteiger partial charge on any atom is 0.0571 e. The summed E-state index contributed by atoms with van der Waals surface area (Å²) in [5, 5.41) is 2.97. The van der Waals surface area contributed by atoms with E-state index in [-0.39, 0.29) is 1.43 Å². The van der Waals surface area contributed by atoms with Gasteiger partial charge in [-0.15, -0.1) is 0 Å². The molecule has 0 aliphatic carbocycles. The number of nitrogen functional groups attached to an aromatic ring is 1. The van der Waals surface area contributed by atoms with Crippen LogP contribution in [0, 0.1) is 0 Å². The van der Waals surface area contributed by atoms with Crippen molar-refractivity contribution < 1.29 is 1.43 Å². The molecule has 0 bridgehead atoms. The lowest BCUT2D eigenvalue weighted by molar-refractivity contribution is 1.51. The Hall–Kier alpha value is -1.18. The molecule has 9 heavy (non-hydrogen) atoms.